The molecule has 0 unspecified atom stereocenters. The van der Waals surface area contributed by atoms with E-state index in [2.05, 4.69) is 15.5 Å². The molecule has 0 radical (unpaired) electrons. The van der Waals surface area contributed by atoms with Crippen LogP contribution in [0.15, 0.2) is 23.7 Å². The fraction of sp³-hybridized carbons (Fsp3) is 0.100. The molecule has 1 heterocycles. The summed E-state index contributed by atoms with van der Waals surface area (Å²) in [4.78, 5) is 11.8. The summed E-state index contributed by atoms with van der Waals surface area (Å²) in [7, 11) is 0. The van der Waals surface area contributed by atoms with E-state index in [1.807, 2.05) is 13.0 Å². The average molecular weight is 234 g/mol. The van der Waals surface area contributed by atoms with Gasteiger partial charge in [0.15, 0.2) is 0 Å². The predicted molar refractivity (Wildman–Crippen MR) is 63.5 cm³/mol. The molecule has 5 nitrogen and oxygen atoms in total. The maximum absolute atomic E-state index is 11.8. The molecule has 0 saturated carbocycles. The Morgan fingerprint density at radius 2 is 2.31 bits per heavy atom. The fourth-order valence-electron chi connectivity index (χ4n) is 1.27. The van der Waals surface area contributed by atoms with Crippen molar-refractivity contribution in [2.24, 2.45) is 0 Å². The zero-order valence-electron chi connectivity index (χ0n) is 8.60. The summed E-state index contributed by atoms with van der Waals surface area (Å²) < 4.78 is 0. The van der Waals surface area contributed by atoms with Gasteiger partial charge in [-0.1, -0.05) is 23.5 Å². The van der Waals surface area contributed by atoms with Crippen LogP contribution in [0, 0.1) is 6.92 Å². The molecule has 0 aliphatic heterocycles. The van der Waals surface area contributed by atoms with Crippen molar-refractivity contribution in [1.82, 2.24) is 10.2 Å². The summed E-state index contributed by atoms with van der Waals surface area (Å²) in [5, 5.41) is 10.5. The van der Waals surface area contributed by atoms with E-state index in [1.165, 1.54) is 11.3 Å². The molecule has 0 saturated heterocycles. The first-order chi connectivity index (χ1) is 7.68. The molecule has 2 aromatic rings. The van der Waals surface area contributed by atoms with Gasteiger partial charge in [-0.3, -0.25) is 10.1 Å². The van der Waals surface area contributed by atoms with Crippen LogP contribution in [0.1, 0.15) is 15.9 Å². The lowest BCUT2D eigenvalue weighted by molar-refractivity contribution is 0.102. The number of aromatic nitrogens is 2. The zero-order valence-corrected chi connectivity index (χ0v) is 9.41. The van der Waals surface area contributed by atoms with E-state index in [4.69, 9.17) is 5.73 Å². The summed E-state index contributed by atoms with van der Waals surface area (Å²) >= 11 is 1.26. The highest BCUT2D eigenvalue weighted by atomic mass is 32.1. The van der Waals surface area contributed by atoms with Gasteiger partial charge >= 0.3 is 0 Å². The van der Waals surface area contributed by atoms with Gasteiger partial charge in [-0.05, 0) is 18.6 Å². The van der Waals surface area contributed by atoms with Gasteiger partial charge in [-0.15, -0.1) is 10.2 Å². The molecule has 0 fully saturated rings. The lowest BCUT2D eigenvalue weighted by Crippen LogP contribution is -2.14. The van der Waals surface area contributed by atoms with E-state index in [-0.39, 0.29) is 5.91 Å². The normalized spacial score (nSPS) is 10.1. The standard InChI is InChI=1S/C10H10N4OS/c1-6-3-2-4-7(8(6)11)9(15)13-10-14-12-5-16-10/h2-5H,11H2,1H3,(H,13,14,15). The Labute approximate surface area is 96.3 Å². The largest absolute Gasteiger partial charge is 0.398 e. The highest BCUT2D eigenvalue weighted by Crippen LogP contribution is 2.18. The van der Waals surface area contributed by atoms with Gasteiger partial charge in [0.05, 0.1) is 5.56 Å². The van der Waals surface area contributed by atoms with Crippen LogP contribution in [0.3, 0.4) is 0 Å². The van der Waals surface area contributed by atoms with Gasteiger partial charge in [-0.2, -0.15) is 0 Å². The second kappa shape index (κ2) is 4.28. The number of nitrogens with two attached hydrogens (primary N) is 1. The van der Waals surface area contributed by atoms with Crippen LogP contribution in [-0.4, -0.2) is 16.1 Å². The molecule has 1 amide bonds. The maximum atomic E-state index is 11.8. The first-order valence-corrected chi connectivity index (χ1v) is 5.49. The topological polar surface area (TPSA) is 80.9 Å². The van der Waals surface area contributed by atoms with E-state index in [1.54, 1.807) is 17.6 Å². The minimum atomic E-state index is -0.266. The second-order valence-corrected chi connectivity index (χ2v) is 4.07. The second-order valence-electron chi connectivity index (χ2n) is 3.23. The van der Waals surface area contributed by atoms with Gasteiger partial charge in [0.25, 0.3) is 5.91 Å². The van der Waals surface area contributed by atoms with Crippen molar-refractivity contribution in [2.45, 2.75) is 6.92 Å². The molecule has 0 bridgehead atoms. The van der Waals surface area contributed by atoms with Crippen molar-refractivity contribution in [3.8, 4) is 0 Å². The van der Waals surface area contributed by atoms with Crippen LogP contribution < -0.4 is 11.1 Å². The predicted octanol–water partition coefficient (Wildman–Crippen LogP) is 1.68. The molecule has 2 rings (SSSR count). The summed E-state index contributed by atoms with van der Waals surface area (Å²) in [6.45, 7) is 1.86. The first kappa shape index (κ1) is 10.6. The third kappa shape index (κ3) is 2.01. The number of carbonyl (C=O) groups is 1. The molecular formula is C10H10N4OS. The van der Waals surface area contributed by atoms with E-state index in [0.717, 1.165) is 5.56 Å². The number of para-hydroxylation sites is 1. The first-order valence-electron chi connectivity index (χ1n) is 4.61. The monoisotopic (exact) mass is 234 g/mol. The van der Waals surface area contributed by atoms with Crippen LogP contribution in [0.4, 0.5) is 10.8 Å². The number of anilines is 2. The van der Waals surface area contributed by atoms with E-state index in [0.29, 0.717) is 16.4 Å². The molecule has 6 heteroatoms. The van der Waals surface area contributed by atoms with Crippen LogP contribution in [0.5, 0.6) is 0 Å². The SMILES string of the molecule is Cc1cccc(C(=O)Nc2nncs2)c1N. The lowest BCUT2D eigenvalue weighted by atomic mass is 10.1. The molecule has 1 aromatic carbocycles. The maximum Gasteiger partial charge on any atom is 0.259 e. The van der Waals surface area contributed by atoms with Gasteiger partial charge in [0.2, 0.25) is 5.13 Å². The van der Waals surface area contributed by atoms with Gasteiger partial charge < -0.3 is 5.73 Å². The average Bonchev–Trinajstić information content (AvgIpc) is 2.74. The van der Waals surface area contributed by atoms with Gasteiger partial charge in [0, 0.05) is 5.69 Å². The Morgan fingerprint density at radius 3 is 3.00 bits per heavy atom. The lowest BCUT2D eigenvalue weighted by Gasteiger charge is -2.06. The number of nitrogens with zero attached hydrogens (tertiary/aromatic N) is 2. The third-order valence-electron chi connectivity index (χ3n) is 2.15. The Kier molecular flexibility index (Phi) is 2.82. The minimum Gasteiger partial charge on any atom is -0.398 e. The number of amides is 1. The summed E-state index contributed by atoms with van der Waals surface area (Å²) in [6.07, 6.45) is 0. The molecule has 3 N–H and O–H groups in total. The fourth-order valence-corrected chi connectivity index (χ4v) is 1.71. The minimum absolute atomic E-state index is 0.266. The number of carbonyl (C=O) groups excluding carboxylic acids is 1. The van der Waals surface area contributed by atoms with Crippen LogP contribution in [-0.2, 0) is 0 Å². The van der Waals surface area contributed by atoms with E-state index < -0.39 is 0 Å². The van der Waals surface area contributed by atoms with Crippen LogP contribution >= 0.6 is 11.3 Å². The Morgan fingerprint density at radius 1 is 1.50 bits per heavy atom. The van der Waals surface area contributed by atoms with E-state index in [9.17, 15) is 4.79 Å². The van der Waals surface area contributed by atoms with Gasteiger partial charge in [-0.25, -0.2) is 0 Å². The van der Waals surface area contributed by atoms with Crippen molar-refractivity contribution >= 4 is 28.1 Å². The number of hydrogen-bond donors (Lipinski definition) is 2. The number of hydrogen-bond acceptors (Lipinski definition) is 5. The highest BCUT2D eigenvalue weighted by molar-refractivity contribution is 7.13. The van der Waals surface area contributed by atoms with E-state index >= 15 is 0 Å². The summed E-state index contributed by atoms with van der Waals surface area (Å²) in [5.74, 6) is -0.266. The number of aryl methyl sites for hydroxylation is 1. The number of benzene rings is 1. The number of nitrogen functional groups attached to an aromatic ring is 1. The Hall–Kier alpha value is -1.95. The van der Waals surface area contributed by atoms with Crippen molar-refractivity contribution in [3.05, 3.63) is 34.8 Å². The Balaban J connectivity index is 2.24. The van der Waals surface area contributed by atoms with Crippen molar-refractivity contribution in [3.63, 3.8) is 0 Å². The zero-order chi connectivity index (χ0) is 11.5. The molecule has 0 aliphatic rings. The quantitative estimate of drug-likeness (QED) is 0.775. The molecular weight excluding hydrogens is 224 g/mol. The smallest absolute Gasteiger partial charge is 0.259 e. The van der Waals surface area contributed by atoms with Crippen molar-refractivity contribution < 1.29 is 4.79 Å². The highest BCUT2D eigenvalue weighted by Gasteiger charge is 2.12. The number of nitrogens with one attached hydrogen (secondary N) is 1. The van der Waals surface area contributed by atoms with Crippen LogP contribution in [0.2, 0.25) is 0 Å². The molecule has 16 heavy (non-hydrogen) atoms. The van der Waals surface area contributed by atoms with Gasteiger partial charge in [0.1, 0.15) is 5.51 Å². The van der Waals surface area contributed by atoms with Crippen molar-refractivity contribution in [1.29, 1.82) is 0 Å². The molecule has 0 aliphatic carbocycles. The molecule has 1 aromatic heterocycles. The molecule has 0 atom stereocenters. The number of rotatable bonds is 2. The molecule has 0 spiro atoms. The van der Waals surface area contributed by atoms with Crippen molar-refractivity contribution in [2.75, 3.05) is 11.1 Å². The summed E-state index contributed by atoms with van der Waals surface area (Å²) in [5.41, 5.74) is 9.19. The summed E-state index contributed by atoms with van der Waals surface area (Å²) in [6, 6.07) is 5.33. The molecule has 82 valence electrons. The third-order valence-corrected chi connectivity index (χ3v) is 2.76. The van der Waals surface area contributed by atoms with Crippen LogP contribution in [0.25, 0.3) is 0 Å². The Bertz CT molecular complexity index is 510.